The van der Waals surface area contributed by atoms with Gasteiger partial charge in [0.1, 0.15) is 11.3 Å². The van der Waals surface area contributed by atoms with Crippen molar-refractivity contribution >= 4 is 62.9 Å². The standard InChI is InChI=1S/C30H28Cl2FN5OS/c1-19-9-12-26-23(16-19)28-29(38(26)18-21-6-2-3-7-25(21)33)35-30(37-36-28)40-15-5-4-8-27(39)34-14-13-20-10-11-22(31)17-24(20)32/h2-3,6-7,9-12,16-17H,4-5,8,13-15,18H2,1H3,(H,34,39). The zero-order valence-corrected chi connectivity index (χ0v) is 24.3. The highest BCUT2D eigenvalue weighted by atomic mass is 35.5. The van der Waals surface area contributed by atoms with Crippen LogP contribution in [0.15, 0.2) is 65.8 Å². The first-order valence-electron chi connectivity index (χ1n) is 13.1. The monoisotopic (exact) mass is 595 g/mol. The van der Waals surface area contributed by atoms with Crippen LogP contribution in [0.5, 0.6) is 0 Å². The highest BCUT2D eigenvalue weighted by Crippen LogP contribution is 2.29. The maximum atomic E-state index is 14.5. The molecule has 40 heavy (non-hydrogen) atoms. The summed E-state index contributed by atoms with van der Waals surface area (Å²) in [7, 11) is 0. The van der Waals surface area contributed by atoms with Crippen molar-refractivity contribution in [2.75, 3.05) is 12.3 Å². The zero-order chi connectivity index (χ0) is 28.1. The van der Waals surface area contributed by atoms with Crippen LogP contribution in [0.1, 0.15) is 36.0 Å². The van der Waals surface area contributed by atoms with Crippen LogP contribution < -0.4 is 5.32 Å². The number of halogens is 3. The van der Waals surface area contributed by atoms with Gasteiger partial charge in [0.05, 0.1) is 12.1 Å². The molecule has 2 aromatic heterocycles. The fourth-order valence-electron chi connectivity index (χ4n) is 4.57. The lowest BCUT2D eigenvalue weighted by atomic mass is 10.1. The van der Waals surface area contributed by atoms with Crippen LogP contribution >= 0.6 is 35.0 Å². The fourth-order valence-corrected chi connectivity index (χ4v) is 5.86. The van der Waals surface area contributed by atoms with Gasteiger partial charge in [-0.15, -0.1) is 10.2 Å². The molecule has 0 aliphatic rings. The van der Waals surface area contributed by atoms with Crippen LogP contribution in [0.4, 0.5) is 4.39 Å². The summed E-state index contributed by atoms with van der Waals surface area (Å²) in [4.78, 5) is 17.1. The molecule has 1 amide bonds. The number of benzene rings is 3. The average Bonchev–Trinajstić information content (AvgIpc) is 3.22. The molecule has 0 bridgehead atoms. The molecular formula is C30H28Cl2FN5OS. The van der Waals surface area contributed by atoms with Gasteiger partial charge in [0.2, 0.25) is 11.1 Å². The molecule has 6 nitrogen and oxygen atoms in total. The topological polar surface area (TPSA) is 72.7 Å². The molecule has 0 unspecified atom stereocenters. The normalized spacial score (nSPS) is 11.4. The highest BCUT2D eigenvalue weighted by Gasteiger charge is 2.17. The van der Waals surface area contributed by atoms with Crippen molar-refractivity contribution in [2.24, 2.45) is 0 Å². The van der Waals surface area contributed by atoms with E-state index < -0.39 is 0 Å². The van der Waals surface area contributed by atoms with E-state index in [-0.39, 0.29) is 11.7 Å². The van der Waals surface area contributed by atoms with Gasteiger partial charge in [-0.2, -0.15) is 0 Å². The lowest BCUT2D eigenvalue weighted by Gasteiger charge is -2.08. The number of nitrogens with zero attached hydrogens (tertiary/aromatic N) is 4. The van der Waals surface area contributed by atoms with Crippen LogP contribution in [0.3, 0.4) is 0 Å². The van der Waals surface area contributed by atoms with Crippen molar-refractivity contribution in [2.45, 2.75) is 44.3 Å². The average molecular weight is 597 g/mol. The first kappa shape index (κ1) is 28.3. The molecule has 0 saturated carbocycles. The summed E-state index contributed by atoms with van der Waals surface area (Å²) in [5.41, 5.74) is 4.98. The van der Waals surface area contributed by atoms with Crippen LogP contribution in [0.25, 0.3) is 22.1 Å². The van der Waals surface area contributed by atoms with Crippen LogP contribution in [0, 0.1) is 12.7 Å². The van der Waals surface area contributed by atoms with E-state index in [2.05, 4.69) is 21.6 Å². The molecule has 5 rings (SSSR count). The zero-order valence-electron chi connectivity index (χ0n) is 22.0. The third-order valence-corrected chi connectivity index (χ3v) is 8.16. The summed E-state index contributed by atoms with van der Waals surface area (Å²) < 4.78 is 16.5. The smallest absolute Gasteiger partial charge is 0.220 e. The van der Waals surface area contributed by atoms with Gasteiger partial charge in [0, 0.05) is 39.7 Å². The first-order chi connectivity index (χ1) is 19.4. The largest absolute Gasteiger partial charge is 0.356 e. The predicted octanol–water partition coefficient (Wildman–Crippen LogP) is 7.40. The minimum atomic E-state index is -0.251. The van der Waals surface area contributed by atoms with E-state index in [1.165, 1.54) is 17.8 Å². The SMILES string of the molecule is Cc1ccc2c(c1)c1nnc(SCCCCC(=O)NCCc3ccc(Cl)cc3Cl)nc1n2Cc1ccccc1F. The summed E-state index contributed by atoms with van der Waals surface area (Å²) in [6.45, 7) is 2.90. The Morgan fingerprint density at radius 3 is 2.70 bits per heavy atom. The molecule has 206 valence electrons. The molecule has 5 aromatic rings. The number of thioether (sulfide) groups is 1. The summed E-state index contributed by atoms with van der Waals surface area (Å²) >= 11 is 13.6. The van der Waals surface area contributed by atoms with Crippen molar-refractivity contribution in [1.29, 1.82) is 0 Å². The van der Waals surface area contributed by atoms with Crippen LogP contribution in [0.2, 0.25) is 10.0 Å². The van der Waals surface area contributed by atoms with E-state index in [1.54, 1.807) is 24.3 Å². The van der Waals surface area contributed by atoms with Gasteiger partial charge >= 0.3 is 0 Å². The van der Waals surface area contributed by atoms with Gasteiger partial charge in [-0.3, -0.25) is 4.79 Å². The molecule has 3 aromatic carbocycles. The Balaban J connectivity index is 1.17. The number of aryl methyl sites for hydroxylation is 1. The summed E-state index contributed by atoms with van der Waals surface area (Å²) in [5.74, 6) is 0.523. The second-order valence-electron chi connectivity index (χ2n) is 9.61. The maximum absolute atomic E-state index is 14.5. The summed E-state index contributed by atoms with van der Waals surface area (Å²) in [6.07, 6.45) is 2.68. The highest BCUT2D eigenvalue weighted by molar-refractivity contribution is 7.99. The van der Waals surface area contributed by atoms with E-state index in [0.717, 1.165) is 40.6 Å². The van der Waals surface area contributed by atoms with Crippen molar-refractivity contribution in [1.82, 2.24) is 25.1 Å². The number of fused-ring (bicyclic) bond motifs is 3. The quantitative estimate of drug-likeness (QED) is 0.127. The molecule has 10 heteroatoms. The van der Waals surface area contributed by atoms with E-state index in [0.29, 0.717) is 57.9 Å². The second kappa shape index (κ2) is 13.0. The number of carbonyl (C=O) groups is 1. The van der Waals surface area contributed by atoms with Crippen LogP contribution in [-0.4, -0.2) is 38.0 Å². The Bertz CT molecular complexity index is 1680. The van der Waals surface area contributed by atoms with E-state index in [1.807, 2.05) is 35.8 Å². The number of nitrogens with one attached hydrogen (secondary N) is 1. The van der Waals surface area contributed by atoms with Crippen LogP contribution in [-0.2, 0) is 17.8 Å². The Labute approximate surface area is 246 Å². The maximum Gasteiger partial charge on any atom is 0.220 e. The number of hydrogen-bond acceptors (Lipinski definition) is 5. The number of amides is 1. The van der Waals surface area contributed by atoms with E-state index in [9.17, 15) is 9.18 Å². The Morgan fingerprint density at radius 1 is 1.02 bits per heavy atom. The number of rotatable bonds is 11. The molecule has 0 aliphatic heterocycles. The Morgan fingerprint density at radius 2 is 1.88 bits per heavy atom. The Kier molecular flexibility index (Phi) is 9.19. The number of aromatic nitrogens is 4. The van der Waals surface area contributed by atoms with Gasteiger partial charge in [-0.05, 0) is 62.1 Å². The summed E-state index contributed by atoms with van der Waals surface area (Å²) in [5, 5.41) is 14.5. The van der Waals surface area contributed by atoms with E-state index >= 15 is 0 Å². The van der Waals surface area contributed by atoms with Gasteiger partial charge in [0.15, 0.2) is 5.65 Å². The minimum Gasteiger partial charge on any atom is -0.356 e. The molecule has 0 radical (unpaired) electrons. The minimum absolute atomic E-state index is 0.0161. The third kappa shape index (κ3) is 6.74. The van der Waals surface area contributed by atoms with Crippen molar-refractivity contribution in [3.63, 3.8) is 0 Å². The lowest BCUT2D eigenvalue weighted by Crippen LogP contribution is -2.25. The second-order valence-corrected chi connectivity index (χ2v) is 11.5. The summed E-state index contributed by atoms with van der Waals surface area (Å²) in [6, 6.07) is 18.3. The van der Waals surface area contributed by atoms with E-state index in [4.69, 9.17) is 28.2 Å². The molecule has 0 saturated heterocycles. The molecule has 0 atom stereocenters. The van der Waals surface area contributed by atoms with Gasteiger partial charge in [0.25, 0.3) is 0 Å². The number of unbranched alkanes of at least 4 members (excludes halogenated alkanes) is 1. The number of carbonyl (C=O) groups excluding carboxylic acids is 1. The molecule has 0 spiro atoms. The fraction of sp³-hybridized carbons (Fsp3) is 0.267. The van der Waals surface area contributed by atoms with Gasteiger partial charge in [-0.1, -0.05) is 70.9 Å². The molecular weight excluding hydrogens is 568 g/mol. The molecule has 0 fully saturated rings. The molecule has 2 heterocycles. The molecule has 1 N–H and O–H groups in total. The predicted molar refractivity (Wildman–Crippen MR) is 161 cm³/mol. The van der Waals surface area contributed by atoms with Crippen molar-refractivity contribution < 1.29 is 9.18 Å². The Hall–Kier alpha value is -3.20. The van der Waals surface area contributed by atoms with Crippen molar-refractivity contribution in [3.05, 3.63) is 93.2 Å². The lowest BCUT2D eigenvalue weighted by molar-refractivity contribution is -0.121. The number of hydrogen-bond donors (Lipinski definition) is 1. The van der Waals surface area contributed by atoms with Crippen molar-refractivity contribution in [3.8, 4) is 0 Å². The third-order valence-electron chi connectivity index (χ3n) is 6.65. The molecule has 0 aliphatic carbocycles. The van der Waals surface area contributed by atoms with Gasteiger partial charge < -0.3 is 9.88 Å². The van der Waals surface area contributed by atoms with Gasteiger partial charge in [-0.25, -0.2) is 9.37 Å². The first-order valence-corrected chi connectivity index (χ1v) is 14.8.